The molecule has 92 valence electrons. The lowest BCUT2D eigenvalue weighted by molar-refractivity contribution is 1.05. The van der Waals surface area contributed by atoms with Crippen molar-refractivity contribution in [3.63, 3.8) is 0 Å². The Bertz CT molecular complexity index is 649. The molecule has 0 unspecified atom stereocenters. The van der Waals surface area contributed by atoms with Gasteiger partial charge in [0.25, 0.3) is 0 Å². The van der Waals surface area contributed by atoms with Crippen LogP contribution in [0.25, 0.3) is 5.69 Å². The van der Waals surface area contributed by atoms with Crippen LogP contribution in [0.4, 0.5) is 0 Å². The Kier molecular flexibility index (Phi) is 4.15. The third-order valence-electron chi connectivity index (χ3n) is 2.23. The van der Waals surface area contributed by atoms with Crippen LogP contribution in [0.5, 0.6) is 0 Å². The topological polar surface area (TPSA) is 28.7 Å². The smallest absolute Gasteiger partial charge is 0.110 e. The lowest BCUT2D eigenvalue weighted by Crippen LogP contribution is -1.95. The van der Waals surface area contributed by atoms with Crippen LogP contribution in [-0.2, 0) is 0 Å². The molecule has 0 aliphatic carbocycles. The zero-order valence-corrected chi connectivity index (χ0v) is 13.1. The van der Waals surface area contributed by atoms with E-state index in [9.17, 15) is 0 Å². The van der Waals surface area contributed by atoms with E-state index < -0.39 is 0 Å². The molecule has 0 N–H and O–H groups in total. The maximum absolute atomic E-state index is 8.93. The first-order valence-corrected chi connectivity index (χ1v) is 6.87. The lowest BCUT2D eigenvalue weighted by Gasteiger charge is -2.10. The van der Waals surface area contributed by atoms with Crippen molar-refractivity contribution in [1.29, 1.82) is 5.26 Å². The minimum Gasteiger partial charge on any atom is -0.306 e. The Morgan fingerprint density at radius 1 is 1.11 bits per heavy atom. The minimum absolute atomic E-state index is 0.305. The average Bonchev–Trinajstić information content (AvgIpc) is 2.56. The van der Waals surface area contributed by atoms with Crippen molar-refractivity contribution in [1.82, 2.24) is 4.57 Å². The molecule has 0 atom stereocenters. The molecule has 18 heavy (non-hydrogen) atoms. The van der Waals surface area contributed by atoms with E-state index in [1.807, 2.05) is 6.07 Å². The summed E-state index contributed by atoms with van der Waals surface area (Å²) in [5.41, 5.74) is 0.837. The van der Waals surface area contributed by atoms with Crippen LogP contribution in [0.2, 0.25) is 20.1 Å². The molecule has 0 radical (unpaired) electrons. The number of halogens is 5. The van der Waals surface area contributed by atoms with Crippen LogP contribution in [0.1, 0.15) is 5.56 Å². The fourth-order valence-electron chi connectivity index (χ4n) is 1.46. The molecule has 1 aromatic heterocycles. The second-order valence-electron chi connectivity index (χ2n) is 3.35. The second-order valence-corrected chi connectivity index (χ2v) is 5.73. The molecule has 0 aliphatic heterocycles. The van der Waals surface area contributed by atoms with Crippen LogP contribution >= 0.6 is 62.3 Å². The van der Waals surface area contributed by atoms with Crippen molar-refractivity contribution in [2.45, 2.75) is 0 Å². The van der Waals surface area contributed by atoms with Crippen LogP contribution in [0.15, 0.2) is 22.9 Å². The highest BCUT2D eigenvalue weighted by atomic mass is 79.9. The summed E-state index contributed by atoms with van der Waals surface area (Å²) >= 11 is 27.4. The SMILES string of the molecule is N#Cc1cn(-c2c(Cl)cc(Cl)cc2Cl)c(Br)c1Cl. The zero-order valence-electron chi connectivity index (χ0n) is 8.52. The average molecular weight is 385 g/mol. The quantitative estimate of drug-likeness (QED) is 0.617. The summed E-state index contributed by atoms with van der Waals surface area (Å²) < 4.78 is 2.11. The van der Waals surface area contributed by atoms with E-state index in [-0.39, 0.29) is 0 Å². The van der Waals surface area contributed by atoms with Crippen molar-refractivity contribution < 1.29 is 0 Å². The minimum atomic E-state index is 0.305. The largest absolute Gasteiger partial charge is 0.306 e. The number of nitrogens with zero attached hydrogens (tertiary/aromatic N) is 2. The Hall–Kier alpha value is -0.370. The Morgan fingerprint density at radius 2 is 1.67 bits per heavy atom. The summed E-state index contributed by atoms with van der Waals surface area (Å²) in [6.45, 7) is 0. The van der Waals surface area contributed by atoms with Crippen molar-refractivity contribution in [2.75, 3.05) is 0 Å². The number of rotatable bonds is 1. The van der Waals surface area contributed by atoms with Crippen molar-refractivity contribution >= 4 is 62.3 Å². The normalized spacial score (nSPS) is 10.4. The summed E-state index contributed by atoms with van der Waals surface area (Å²) in [6, 6.07) is 5.11. The zero-order chi connectivity index (χ0) is 13.4. The van der Waals surface area contributed by atoms with E-state index >= 15 is 0 Å². The summed E-state index contributed by atoms with van der Waals surface area (Å²) in [4.78, 5) is 0. The van der Waals surface area contributed by atoms with Crippen molar-refractivity contribution in [3.05, 3.63) is 48.6 Å². The number of hydrogen-bond donors (Lipinski definition) is 0. The molecule has 0 saturated carbocycles. The van der Waals surface area contributed by atoms with Crippen LogP contribution in [0, 0.1) is 11.3 Å². The maximum Gasteiger partial charge on any atom is 0.110 e. The number of hydrogen-bond acceptors (Lipinski definition) is 1. The maximum atomic E-state index is 8.93. The van der Waals surface area contributed by atoms with Gasteiger partial charge in [-0.1, -0.05) is 46.4 Å². The van der Waals surface area contributed by atoms with Gasteiger partial charge in [0.15, 0.2) is 0 Å². The predicted molar refractivity (Wildman–Crippen MR) is 78.2 cm³/mol. The van der Waals surface area contributed by atoms with Crippen molar-refractivity contribution in [3.8, 4) is 11.8 Å². The van der Waals surface area contributed by atoms with Crippen LogP contribution < -0.4 is 0 Å². The van der Waals surface area contributed by atoms with Gasteiger partial charge >= 0.3 is 0 Å². The van der Waals surface area contributed by atoms with E-state index in [2.05, 4.69) is 15.9 Å². The lowest BCUT2D eigenvalue weighted by atomic mass is 10.3. The first kappa shape index (κ1) is 14.0. The van der Waals surface area contributed by atoms with Gasteiger partial charge in [-0.25, -0.2) is 0 Å². The third kappa shape index (κ3) is 2.36. The van der Waals surface area contributed by atoms with E-state index in [1.54, 1.807) is 22.9 Å². The first-order chi connectivity index (χ1) is 8.45. The Labute approximate surface area is 132 Å². The molecule has 0 amide bonds. The van der Waals surface area contributed by atoms with E-state index in [4.69, 9.17) is 51.7 Å². The monoisotopic (exact) mass is 382 g/mol. The van der Waals surface area contributed by atoms with Gasteiger partial charge in [0.1, 0.15) is 10.7 Å². The van der Waals surface area contributed by atoms with Gasteiger partial charge in [-0.3, -0.25) is 0 Å². The summed E-state index contributed by atoms with van der Waals surface area (Å²) in [6.07, 6.45) is 1.55. The molecule has 0 bridgehead atoms. The predicted octanol–water partition coefficient (Wildman–Crippen LogP) is 5.73. The molecule has 0 fully saturated rings. The fraction of sp³-hybridized carbons (Fsp3) is 0. The molecule has 1 aromatic carbocycles. The van der Waals surface area contributed by atoms with E-state index in [0.717, 1.165) is 0 Å². The molecular weight excluding hydrogens is 382 g/mol. The summed E-state index contributed by atoms with van der Waals surface area (Å²) in [7, 11) is 0. The van der Waals surface area contributed by atoms with E-state index in [1.165, 1.54) is 0 Å². The van der Waals surface area contributed by atoms with Gasteiger partial charge in [0, 0.05) is 11.2 Å². The summed E-state index contributed by atoms with van der Waals surface area (Å²) in [5, 5.41) is 10.4. The number of aromatic nitrogens is 1. The Balaban J connectivity index is 2.75. The van der Waals surface area contributed by atoms with Gasteiger partial charge in [0.2, 0.25) is 0 Å². The van der Waals surface area contributed by atoms with Crippen LogP contribution in [-0.4, -0.2) is 4.57 Å². The molecule has 1 heterocycles. The molecular formula is C11H3BrCl4N2. The second kappa shape index (κ2) is 5.32. The van der Waals surface area contributed by atoms with Gasteiger partial charge < -0.3 is 4.57 Å². The molecule has 7 heteroatoms. The van der Waals surface area contributed by atoms with Gasteiger partial charge in [-0.2, -0.15) is 5.26 Å². The van der Waals surface area contributed by atoms with Gasteiger partial charge in [0.05, 0.1) is 26.3 Å². The molecule has 2 nitrogen and oxygen atoms in total. The standard InChI is InChI=1S/C11H3BrCl4N2/c12-11-9(16)5(3-17)4-18(11)10-7(14)1-6(13)2-8(10)15/h1-2,4H. The summed E-state index contributed by atoms with van der Waals surface area (Å²) in [5.74, 6) is 0. The highest BCUT2D eigenvalue weighted by molar-refractivity contribution is 9.10. The molecule has 0 spiro atoms. The van der Waals surface area contributed by atoms with Gasteiger partial charge in [-0.05, 0) is 28.1 Å². The van der Waals surface area contributed by atoms with Crippen LogP contribution in [0.3, 0.4) is 0 Å². The number of nitriles is 1. The Morgan fingerprint density at radius 3 is 2.11 bits per heavy atom. The molecule has 0 aliphatic rings. The first-order valence-electron chi connectivity index (χ1n) is 4.57. The third-order valence-corrected chi connectivity index (χ3v) is 4.41. The molecule has 0 saturated heterocycles. The molecule has 2 aromatic rings. The van der Waals surface area contributed by atoms with Crippen molar-refractivity contribution in [2.24, 2.45) is 0 Å². The highest BCUT2D eigenvalue weighted by Gasteiger charge is 2.17. The number of benzene rings is 1. The van der Waals surface area contributed by atoms with Gasteiger partial charge in [-0.15, -0.1) is 0 Å². The van der Waals surface area contributed by atoms with E-state index in [0.29, 0.717) is 35.9 Å². The highest BCUT2D eigenvalue weighted by Crippen LogP contribution is 2.37. The molecule has 2 rings (SSSR count). The fourth-order valence-corrected chi connectivity index (χ4v) is 3.14.